The summed E-state index contributed by atoms with van der Waals surface area (Å²) < 4.78 is 52.2. The highest BCUT2D eigenvalue weighted by atomic mass is 35.5. The van der Waals surface area contributed by atoms with Crippen LogP contribution >= 0.6 is 23.2 Å². The molecule has 18 nitrogen and oxygen atoms in total. The van der Waals surface area contributed by atoms with E-state index in [1.807, 2.05) is 0 Å². The Morgan fingerprint density at radius 3 is 1.57 bits per heavy atom. The minimum atomic E-state index is -0.994. The summed E-state index contributed by atoms with van der Waals surface area (Å²) >= 11 is 9.53. The highest BCUT2D eigenvalue weighted by Crippen LogP contribution is 2.60. The molecule has 2 aliphatic carbocycles. The lowest BCUT2D eigenvalue weighted by molar-refractivity contribution is -0.384. The van der Waals surface area contributed by atoms with Gasteiger partial charge in [-0.25, -0.2) is 9.59 Å². The number of alkyl halides is 2. The van der Waals surface area contributed by atoms with Gasteiger partial charge in [0.05, 0.1) is 46.5 Å². The van der Waals surface area contributed by atoms with E-state index >= 15 is 0 Å². The number of ether oxygens (including phenoxy) is 9. The minimum absolute atomic E-state index is 0. The van der Waals surface area contributed by atoms with Gasteiger partial charge in [0.2, 0.25) is 0 Å². The van der Waals surface area contributed by atoms with E-state index < -0.39 is 51.8 Å². The molecule has 1 aromatic carbocycles. The van der Waals surface area contributed by atoms with Crippen molar-refractivity contribution in [1.29, 1.82) is 0 Å². The van der Waals surface area contributed by atoms with Crippen molar-refractivity contribution in [2.24, 2.45) is 29.4 Å². The number of amides is 1. The number of epoxide rings is 4. The zero-order valence-corrected chi connectivity index (χ0v) is 43.8. The fraction of sp³-hybridized carbons (Fsp3) is 0.760. The highest BCUT2D eigenvalue weighted by molar-refractivity contribution is 6.40. The number of nitrogens with one attached hydrogen (secondary N) is 1. The first-order chi connectivity index (χ1) is 32.2. The van der Waals surface area contributed by atoms with Crippen molar-refractivity contribution in [3.05, 3.63) is 58.7 Å². The van der Waals surface area contributed by atoms with Crippen molar-refractivity contribution >= 4 is 41.1 Å². The lowest BCUT2D eigenvalue weighted by atomic mass is 9.68. The number of non-ortho nitro benzene ring substituents is 1. The van der Waals surface area contributed by atoms with Crippen molar-refractivity contribution in [2.45, 2.75) is 173 Å². The number of nitrogens with two attached hydrogens (primary N) is 1. The number of nitro benzene ring substituents is 1. The lowest BCUT2D eigenvalue weighted by Crippen LogP contribution is -2.56. The third-order valence-electron chi connectivity index (χ3n) is 13.1. The molecule has 400 valence electrons. The second kappa shape index (κ2) is 25.2. The number of aliphatic hydroxyl groups is 2. The number of halogens is 2. The summed E-state index contributed by atoms with van der Waals surface area (Å²) in [5.74, 6) is 0.921. The summed E-state index contributed by atoms with van der Waals surface area (Å²) in [5, 5.41) is 32.1. The van der Waals surface area contributed by atoms with Crippen molar-refractivity contribution in [1.82, 2.24) is 5.32 Å². The monoisotopic (exact) mass is 1030 g/mol. The number of methoxy groups -OCH3 is 2. The number of hydrogen-bond donors (Lipinski definition) is 4. The quantitative estimate of drug-likeness (QED) is 0.0245. The SMILES string of the molecule is C.CC(C)(O)CN.CO[C@H]1C([C@@]2(C)O[C@@H]2/C=C/C(C)C)[C@]2(CC[C@H]1OC(=O)NCC(C)(C)O)CO2.CO[C@H]1C([C@@]2(C)O[C@@H]2/C=C/C(C)C)[C@]2(CC[C@H]1OC(=O)Oc1ccc([N+](=O)[O-])cc1)CO2.ClCCl. The maximum Gasteiger partial charge on any atom is 0.514 e. The van der Waals surface area contributed by atoms with Crippen LogP contribution in [0.15, 0.2) is 48.6 Å². The number of benzene rings is 1. The van der Waals surface area contributed by atoms with Crippen molar-refractivity contribution in [3.8, 4) is 5.75 Å². The molecular weight excluding hydrogens is 953 g/mol. The van der Waals surface area contributed by atoms with Crippen LogP contribution in [0.5, 0.6) is 5.75 Å². The van der Waals surface area contributed by atoms with E-state index in [0.29, 0.717) is 44.4 Å². The number of nitrogens with zero attached hydrogens (tertiary/aromatic N) is 1. The van der Waals surface area contributed by atoms with Gasteiger partial charge in [-0.1, -0.05) is 59.4 Å². The van der Waals surface area contributed by atoms with Gasteiger partial charge in [0.1, 0.15) is 64.8 Å². The lowest BCUT2D eigenvalue weighted by Gasteiger charge is -2.42. The number of carbonyl (C=O) groups excluding carboxylic acids is 2. The van der Waals surface area contributed by atoms with Gasteiger partial charge in [0.15, 0.2) is 0 Å². The van der Waals surface area contributed by atoms with E-state index in [0.717, 1.165) is 12.8 Å². The van der Waals surface area contributed by atoms with Crippen LogP contribution in [0.2, 0.25) is 0 Å². The molecule has 6 fully saturated rings. The van der Waals surface area contributed by atoms with Gasteiger partial charge >= 0.3 is 12.2 Å². The molecule has 0 radical (unpaired) electrons. The molecule has 2 saturated carbocycles. The van der Waals surface area contributed by atoms with E-state index in [1.54, 1.807) is 41.9 Å². The number of alkyl carbamates (subject to hydrolysis) is 1. The highest BCUT2D eigenvalue weighted by Gasteiger charge is 2.73. The first-order valence-corrected chi connectivity index (χ1v) is 24.6. The van der Waals surface area contributed by atoms with Crippen molar-refractivity contribution < 1.29 is 67.4 Å². The van der Waals surface area contributed by atoms with E-state index in [9.17, 15) is 24.8 Å². The van der Waals surface area contributed by atoms with E-state index in [2.05, 4.69) is 71.2 Å². The van der Waals surface area contributed by atoms with E-state index in [1.165, 1.54) is 24.3 Å². The van der Waals surface area contributed by atoms with Crippen molar-refractivity contribution in [3.63, 3.8) is 0 Å². The molecule has 4 saturated heterocycles. The third kappa shape index (κ3) is 16.7. The molecule has 5 N–H and O–H groups in total. The Morgan fingerprint density at radius 2 is 1.24 bits per heavy atom. The Balaban J connectivity index is 0.000000314. The zero-order chi connectivity index (χ0) is 51.8. The summed E-state index contributed by atoms with van der Waals surface area (Å²) in [4.78, 5) is 34.9. The largest absolute Gasteiger partial charge is 0.514 e. The number of allylic oxidation sites excluding steroid dienone is 2. The Labute approximate surface area is 424 Å². The van der Waals surface area contributed by atoms with Crippen molar-refractivity contribution in [2.75, 3.05) is 45.9 Å². The smallest absolute Gasteiger partial charge is 0.443 e. The second-order valence-electron chi connectivity index (χ2n) is 20.8. The Bertz CT molecular complexity index is 1900. The topological polar surface area (TPSA) is 252 Å². The molecule has 2 unspecified atom stereocenters. The predicted molar refractivity (Wildman–Crippen MR) is 266 cm³/mol. The Kier molecular flexibility index (Phi) is 22.0. The molecule has 12 atom stereocenters. The average Bonchev–Trinajstić information content (AvgIpc) is 4.15. The Hall–Kier alpha value is -3.14. The molecule has 1 amide bonds. The molecule has 4 aliphatic heterocycles. The van der Waals surface area contributed by atoms with Gasteiger partial charge in [-0.05, 0) is 91.2 Å². The van der Waals surface area contributed by atoms with Crippen LogP contribution < -0.4 is 15.8 Å². The zero-order valence-electron chi connectivity index (χ0n) is 42.2. The molecule has 4 heterocycles. The van der Waals surface area contributed by atoms with Gasteiger partial charge < -0.3 is 63.9 Å². The van der Waals surface area contributed by atoms with E-state index in [4.69, 9.17) is 76.7 Å². The maximum atomic E-state index is 12.4. The molecule has 0 aromatic heterocycles. The van der Waals surface area contributed by atoms with Crippen LogP contribution in [0.25, 0.3) is 0 Å². The summed E-state index contributed by atoms with van der Waals surface area (Å²) in [6.07, 6.45) is 8.17. The molecule has 20 heteroatoms. The number of hydrogen-bond acceptors (Lipinski definition) is 16. The molecular formula is C50H81Cl2N3O15. The number of nitro groups is 1. The minimum Gasteiger partial charge on any atom is -0.443 e. The van der Waals surface area contributed by atoms with Gasteiger partial charge in [0, 0.05) is 39.4 Å². The first kappa shape index (κ1) is 61.2. The molecule has 2 spiro atoms. The van der Waals surface area contributed by atoms with Crippen LogP contribution in [-0.2, 0) is 37.9 Å². The summed E-state index contributed by atoms with van der Waals surface area (Å²) in [7, 11) is 3.25. The van der Waals surface area contributed by atoms with Gasteiger partial charge in [-0.3, -0.25) is 10.1 Å². The van der Waals surface area contributed by atoms with Crippen LogP contribution in [0.3, 0.4) is 0 Å². The van der Waals surface area contributed by atoms with Crippen LogP contribution in [-0.4, -0.2) is 143 Å². The molecule has 0 bridgehead atoms. The average molecular weight is 1040 g/mol. The maximum absolute atomic E-state index is 12.4. The first-order valence-electron chi connectivity index (χ1n) is 23.6. The van der Waals surface area contributed by atoms with E-state index in [-0.39, 0.29) is 78.2 Å². The third-order valence-corrected chi connectivity index (χ3v) is 13.1. The molecule has 6 aliphatic rings. The van der Waals surface area contributed by atoms with Gasteiger partial charge in [-0.15, -0.1) is 23.2 Å². The molecule has 70 heavy (non-hydrogen) atoms. The summed E-state index contributed by atoms with van der Waals surface area (Å²) in [6, 6.07) is 5.24. The normalized spacial score (nSPS) is 33.7. The number of carbonyl (C=O) groups is 2. The summed E-state index contributed by atoms with van der Waals surface area (Å²) in [6.45, 7) is 21.0. The van der Waals surface area contributed by atoms with Gasteiger partial charge in [-0.2, -0.15) is 0 Å². The Morgan fingerprint density at radius 1 is 0.843 bits per heavy atom. The van der Waals surface area contributed by atoms with Crippen LogP contribution in [0.1, 0.15) is 102 Å². The predicted octanol–water partition coefficient (Wildman–Crippen LogP) is 8.23. The number of rotatable bonds is 15. The fourth-order valence-corrected chi connectivity index (χ4v) is 9.23. The standard InChI is InChI=1S/C23H29NO8.C21H35NO6.C4H11NO.CH2Cl2.CH4/c1-14(2)5-10-18-22(3,32-18)20-19(28-4)17(11-12-23(20)13-29-23)31-21(25)30-16-8-6-15(7-9-16)24(26)27;1-13(2)7-8-15-20(5,28-15)17-16(25-6)14(9-10-21(17)12-26-21)27-18(23)22-11-19(3,4)24;1-4(2,6)3-5;2-1-3;/h5-10,14,17-20H,11-13H2,1-4H3;7-8,13-17,24H,9-12H2,1-6H3,(H,22,23);6H,3,5H2,1-2H3;1H2;1H4/b10-5+;8-7+;;;/t17-,18-,19-,20?,22+,23+;14-,15-,16-,17?,20+,21+;;;/m11.../s1. The molecule has 1 aromatic rings. The second-order valence-corrected chi connectivity index (χ2v) is 21.6. The van der Waals surface area contributed by atoms with Gasteiger partial charge in [0.25, 0.3) is 5.69 Å². The summed E-state index contributed by atoms with van der Waals surface area (Å²) in [5.41, 5.74) is 1.86. The van der Waals surface area contributed by atoms with Crippen LogP contribution in [0.4, 0.5) is 15.3 Å². The van der Waals surface area contributed by atoms with Crippen LogP contribution in [0, 0.1) is 33.8 Å². The molecule has 7 rings (SSSR count). The fourth-order valence-electron chi connectivity index (χ4n) is 9.23.